The van der Waals surface area contributed by atoms with E-state index in [4.69, 9.17) is 10.00 Å². The molecule has 0 N–H and O–H groups in total. The number of rotatable bonds is 7. The second kappa shape index (κ2) is 10.2. The number of hydrogen-bond acceptors (Lipinski definition) is 6. The van der Waals surface area contributed by atoms with Gasteiger partial charge in [0, 0.05) is 48.5 Å². The summed E-state index contributed by atoms with van der Waals surface area (Å²) in [5.74, 6) is -1.89. The van der Waals surface area contributed by atoms with Gasteiger partial charge in [0.15, 0.2) is 6.61 Å². The molecule has 35 heavy (non-hydrogen) atoms. The molecule has 4 rings (SSSR count). The number of alkyl halides is 3. The maximum absolute atomic E-state index is 13.4. The van der Waals surface area contributed by atoms with Crippen molar-refractivity contribution >= 4 is 28.5 Å². The minimum absolute atomic E-state index is 0.0284. The zero-order valence-electron chi connectivity index (χ0n) is 18.8. The summed E-state index contributed by atoms with van der Waals surface area (Å²) >= 11 is 0. The molecule has 1 aliphatic rings. The van der Waals surface area contributed by atoms with E-state index in [9.17, 15) is 22.8 Å². The first-order valence-electron chi connectivity index (χ1n) is 11.2. The van der Waals surface area contributed by atoms with Crippen molar-refractivity contribution in [1.29, 1.82) is 5.26 Å². The number of para-hydroxylation sites is 1. The lowest BCUT2D eigenvalue weighted by Gasteiger charge is -2.33. The van der Waals surface area contributed by atoms with Crippen molar-refractivity contribution in [2.24, 2.45) is 5.92 Å². The number of aryl methyl sites for hydroxylation is 1. The van der Waals surface area contributed by atoms with Gasteiger partial charge >= 0.3 is 12.1 Å². The highest BCUT2D eigenvalue weighted by Crippen LogP contribution is 2.36. The molecule has 1 atom stereocenters. The molecule has 3 aromatic rings. The monoisotopic (exact) mass is 484 g/mol. The summed E-state index contributed by atoms with van der Waals surface area (Å²) in [5, 5.41) is 9.58. The molecule has 1 aromatic carbocycles. The van der Waals surface area contributed by atoms with Crippen LogP contribution in [0.1, 0.15) is 35.2 Å². The van der Waals surface area contributed by atoms with Gasteiger partial charge in [-0.1, -0.05) is 18.2 Å². The number of esters is 1. The number of aromatic nitrogens is 2. The Morgan fingerprint density at radius 3 is 2.77 bits per heavy atom. The molecular formula is C25H23F3N4O3. The third kappa shape index (κ3) is 5.29. The maximum Gasteiger partial charge on any atom is 0.419 e. The highest BCUT2D eigenvalue weighted by Gasteiger charge is 2.37. The Hall–Kier alpha value is -3.87. The van der Waals surface area contributed by atoms with E-state index in [1.165, 1.54) is 17.2 Å². The lowest BCUT2D eigenvalue weighted by molar-refractivity contribution is -0.147. The second-order valence-electron chi connectivity index (χ2n) is 8.35. The smallest absolute Gasteiger partial charge is 0.419 e. The Morgan fingerprint density at radius 2 is 2.00 bits per heavy atom. The predicted octanol–water partition coefficient (Wildman–Crippen LogP) is 4.61. The Kier molecular flexibility index (Phi) is 7.05. The summed E-state index contributed by atoms with van der Waals surface area (Å²) in [4.78, 5) is 30.9. The van der Waals surface area contributed by atoms with Crippen LogP contribution in [0.3, 0.4) is 0 Å². The summed E-state index contributed by atoms with van der Waals surface area (Å²) in [6.45, 7) is 0.319. The van der Waals surface area contributed by atoms with Crippen LogP contribution >= 0.6 is 0 Å². The van der Waals surface area contributed by atoms with Crippen LogP contribution in [-0.4, -0.2) is 41.0 Å². The number of nitriles is 1. The highest BCUT2D eigenvalue weighted by atomic mass is 19.4. The van der Waals surface area contributed by atoms with Crippen LogP contribution in [0.5, 0.6) is 0 Å². The fraction of sp³-hybridized carbons (Fsp3) is 0.360. The molecular weight excluding hydrogens is 461 g/mol. The number of Topliss-reactive ketones (excluding diaryl/α,β-unsaturated/α-hetero) is 1. The van der Waals surface area contributed by atoms with Crippen LogP contribution in [-0.2, 0) is 22.3 Å². The van der Waals surface area contributed by atoms with Crippen LogP contribution in [0.15, 0.2) is 48.8 Å². The van der Waals surface area contributed by atoms with Gasteiger partial charge in [-0.25, -0.2) is 4.98 Å². The molecule has 0 spiro atoms. The molecule has 0 saturated carbocycles. The number of nitrogens with zero attached hydrogens (tertiary/aromatic N) is 4. The van der Waals surface area contributed by atoms with Crippen LogP contribution in [0.25, 0.3) is 10.9 Å². The molecule has 1 unspecified atom stereocenters. The average molecular weight is 484 g/mol. The van der Waals surface area contributed by atoms with E-state index in [2.05, 4.69) is 11.1 Å². The Morgan fingerprint density at radius 1 is 1.20 bits per heavy atom. The molecule has 10 heteroatoms. The number of ether oxygens (including phenoxy) is 1. The molecule has 0 aliphatic carbocycles. The topological polar surface area (TPSA) is 88.2 Å². The van der Waals surface area contributed by atoms with Crippen LogP contribution < -0.4 is 4.90 Å². The zero-order valence-corrected chi connectivity index (χ0v) is 18.8. The van der Waals surface area contributed by atoms with Crippen LogP contribution in [0.2, 0.25) is 0 Å². The Bertz CT molecular complexity index is 1280. The number of pyridine rings is 1. The molecule has 7 nitrogen and oxygen atoms in total. The predicted molar refractivity (Wildman–Crippen MR) is 122 cm³/mol. The second-order valence-corrected chi connectivity index (χ2v) is 8.35. The number of carbonyl (C=O) groups is 2. The lowest BCUT2D eigenvalue weighted by Crippen LogP contribution is -2.41. The number of halogens is 3. The first kappa shape index (κ1) is 24.3. The van der Waals surface area contributed by atoms with E-state index < -0.39 is 30.2 Å². The fourth-order valence-corrected chi connectivity index (χ4v) is 4.39. The summed E-state index contributed by atoms with van der Waals surface area (Å²) in [7, 11) is 0. The van der Waals surface area contributed by atoms with Gasteiger partial charge in [0.25, 0.3) is 0 Å². The van der Waals surface area contributed by atoms with Gasteiger partial charge in [-0.2, -0.15) is 18.4 Å². The van der Waals surface area contributed by atoms with Gasteiger partial charge in [0.05, 0.1) is 24.0 Å². The van der Waals surface area contributed by atoms with Crippen molar-refractivity contribution in [3.8, 4) is 6.07 Å². The number of fused-ring (bicyclic) bond motifs is 1. The molecule has 2 aromatic heterocycles. The molecule has 3 heterocycles. The van der Waals surface area contributed by atoms with E-state index in [1.54, 1.807) is 18.3 Å². The van der Waals surface area contributed by atoms with Crippen molar-refractivity contribution in [2.45, 2.75) is 32.0 Å². The van der Waals surface area contributed by atoms with E-state index >= 15 is 0 Å². The number of anilines is 1. The zero-order chi connectivity index (χ0) is 25.0. The van der Waals surface area contributed by atoms with Crippen molar-refractivity contribution in [3.63, 3.8) is 0 Å². The van der Waals surface area contributed by atoms with E-state index in [0.717, 1.165) is 11.6 Å². The SMILES string of the molecule is N#CCCn1cc(C(=O)COC(=O)C2CCCN(c3ncccc3C(F)(F)F)C2)c2ccccc21. The van der Waals surface area contributed by atoms with Crippen molar-refractivity contribution in [1.82, 2.24) is 9.55 Å². The van der Waals surface area contributed by atoms with Gasteiger partial charge in [-0.3, -0.25) is 9.59 Å². The van der Waals surface area contributed by atoms with Gasteiger partial charge in [0.2, 0.25) is 5.78 Å². The van der Waals surface area contributed by atoms with Crippen LogP contribution in [0, 0.1) is 17.2 Å². The molecule has 0 bridgehead atoms. The standard InChI is InChI=1S/C25H23F3N4O3/c26-25(27,28)20-8-3-11-30-23(20)32-12-4-6-17(14-32)24(34)35-16-22(33)19-15-31(13-5-10-29)21-9-2-1-7-18(19)21/h1-3,7-9,11,15,17H,4-6,12-14,16H2. The maximum atomic E-state index is 13.4. The first-order valence-corrected chi connectivity index (χ1v) is 11.2. The van der Waals surface area contributed by atoms with E-state index in [1.807, 2.05) is 16.7 Å². The Labute approximate surface area is 199 Å². The number of hydrogen-bond donors (Lipinski definition) is 0. The van der Waals surface area contributed by atoms with Crippen molar-refractivity contribution < 1.29 is 27.5 Å². The highest BCUT2D eigenvalue weighted by molar-refractivity contribution is 6.09. The molecule has 1 aliphatic heterocycles. The van der Waals surface area contributed by atoms with Crippen molar-refractivity contribution in [3.05, 3.63) is 59.9 Å². The minimum atomic E-state index is -4.56. The summed E-state index contributed by atoms with van der Waals surface area (Å²) in [5.41, 5.74) is 0.341. The third-order valence-corrected chi connectivity index (χ3v) is 6.05. The van der Waals surface area contributed by atoms with Gasteiger partial charge in [-0.15, -0.1) is 0 Å². The van der Waals surface area contributed by atoms with Gasteiger partial charge < -0.3 is 14.2 Å². The quantitative estimate of drug-likeness (QED) is 0.360. The van der Waals surface area contributed by atoms with E-state index in [0.29, 0.717) is 36.9 Å². The normalized spacial score (nSPS) is 16.2. The number of ketones is 1. The van der Waals surface area contributed by atoms with Crippen LogP contribution in [0.4, 0.5) is 19.0 Å². The molecule has 1 fully saturated rings. The third-order valence-electron chi connectivity index (χ3n) is 6.05. The molecule has 182 valence electrons. The molecule has 0 amide bonds. The number of piperidine rings is 1. The minimum Gasteiger partial charge on any atom is -0.457 e. The van der Waals surface area contributed by atoms with Crippen molar-refractivity contribution in [2.75, 3.05) is 24.6 Å². The number of carbonyl (C=O) groups excluding carboxylic acids is 2. The summed E-state index contributed by atoms with van der Waals surface area (Å²) < 4.78 is 47.3. The van der Waals surface area contributed by atoms with Gasteiger partial charge in [-0.05, 0) is 31.0 Å². The number of benzene rings is 1. The lowest BCUT2D eigenvalue weighted by atomic mass is 9.97. The Balaban J connectivity index is 1.43. The summed E-state index contributed by atoms with van der Waals surface area (Å²) in [6, 6.07) is 11.5. The van der Waals surface area contributed by atoms with E-state index in [-0.39, 0.29) is 24.6 Å². The fourth-order valence-electron chi connectivity index (χ4n) is 4.39. The average Bonchev–Trinajstić information content (AvgIpc) is 3.24. The largest absolute Gasteiger partial charge is 0.457 e. The first-order chi connectivity index (χ1) is 16.8. The molecule has 0 radical (unpaired) electrons. The molecule has 1 saturated heterocycles. The van der Waals surface area contributed by atoms with Gasteiger partial charge in [0.1, 0.15) is 5.82 Å². The summed E-state index contributed by atoms with van der Waals surface area (Å²) in [6.07, 6.45) is -0.390.